The fourth-order valence-electron chi connectivity index (χ4n) is 1.26. The van der Waals surface area contributed by atoms with Crippen molar-refractivity contribution in [3.63, 3.8) is 0 Å². The first kappa shape index (κ1) is 8.27. The van der Waals surface area contributed by atoms with Crippen LogP contribution in [0.5, 0.6) is 0 Å². The summed E-state index contributed by atoms with van der Waals surface area (Å²) in [6.45, 7) is 4.10. The van der Waals surface area contributed by atoms with E-state index in [9.17, 15) is 4.79 Å². The van der Waals surface area contributed by atoms with Gasteiger partial charge in [-0.3, -0.25) is 10.1 Å². The third kappa shape index (κ3) is 1.43. The Bertz CT molecular complexity index is 173. The highest BCUT2D eigenvalue weighted by Gasteiger charge is 2.43. The third-order valence-electron chi connectivity index (χ3n) is 2.20. The fraction of sp³-hybridized carbons (Fsp3) is 0.625. The second-order valence-electron chi connectivity index (χ2n) is 2.91. The fourth-order valence-corrected chi connectivity index (χ4v) is 1.26. The summed E-state index contributed by atoms with van der Waals surface area (Å²) in [5.41, 5.74) is -0.631. The minimum absolute atomic E-state index is 0.576. The molecule has 1 aliphatic carbocycles. The van der Waals surface area contributed by atoms with Gasteiger partial charge in [-0.05, 0) is 19.3 Å². The number of rotatable bonds is 4. The van der Waals surface area contributed by atoms with Gasteiger partial charge in [0.15, 0.2) is 0 Å². The largest absolute Gasteiger partial charge is 0.480 e. The van der Waals surface area contributed by atoms with E-state index in [1.54, 1.807) is 6.08 Å². The van der Waals surface area contributed by atoms with Crippen LogP contribution >= 0.6 is 0 Å². The van der Waals surface area contributed by atoms with Gasteiger partial charge in [0.05, 0.1) is 0 Å². The van der Waals surface area contributed by atoms with Crippen molar-refractivity contribution in [3.8, 4) is 0 Å². The lowest BCUT2D eigenvalue weighted by molar-refractivity contribution is -0.148. The lowest BCUT2D eigenvalue weighted by atomic mass is 9.77. The van der Waals surface area contributed by atoms with E-state index in [4.69, 9.17) is 5.11 Å². The molecule has 1 aliphatic rings. The van der Waals surface area contributed by atoms with Crippen LogP contribution in [0.4, 0.5) is 0 Å². The molecule has 0 aromatic carbocycles. The zero-order valence-corrected chi connectivity index (χ0v) is 6.47. The molecule has 0 aromatic rings. The molecule has 1 rings (SSSR count). The van der Waals surface area contributed by atoms with Crippen molar-refractivity contribution in [1.29, 1.82) is 0 Å². The Balaban J connectivity index is 2.46. The average molecular weight is 155 g/mol. The second kappa shape index (κ2) is 3.05. The Hall–Kier alpha value is -0.830. The first-order chi connectivity index (χ1) is 5.21. The van der Waals surface area contributed by atoms with Crippen LogP contribution in [0.15, 0.2) is 12.7 Å². The van der Waals surface area contributed by atoms with Crippen LogP contribution in [-0.2, 0) is 4.79 Å². The number of nitrogens with one attached hydrogen (secondary N) is 1. The number of carbonyl (C=O) groups is 1. The van der Waals surface area contributed by atoms with Crippen molar-refractivity contribution in [3.05, 3.63) is 12.7 Å². The molecule has 0 saturated heterocycles. The average Bonchev–Trinajstić information content (AvgIpc) is 1.85. The summed E-state index contributed by atoms with van der Waals surface area (Å²) in [5, 5.41) is 11.8. The number of aliphatic carboxylic acids is 1. The highest BCUT2D eigenvalue weighted by molar-refractivity contribution is 5.79. The molecule has 0 atom stereocenters. The molecule has 1 fully saturated rings. The molecule has 0 aromatic heterocycles. The maximum absolute atomic E-state index is 10.7. The van der Waals surface area contributed by atoms with Crippen LogP contribution in [0, 0.1) is 0 Å². The van der Waals surface area contributed by atoms with E-state index in [0.717, 1.165) is 19.3 Å². The first-order valence-electron chi connectivity index (χ1n) is 3.80. The van der Waals surface area contributed by atoms with Crippen molar-refractivity contribution >= 4 is 5.97 Å². The Morgan fingerprint density at radius 3 is 2.64 bits per heavy atom. The number of hydrogen-bond donors (Lipinski definition) is 2. The van der Waals surface area contributed by atoms with E-state index < -0.39 is 11.5 Å². The molecule has 62 valence electrons. The lowest BCUT2D eigenvalue weighted by Gasteiger charge is -2.38. The van der Waals surface area contributed by atoms with Crippen LogP contribution in [0.1, 0.15) is 19.3 Å². The normalized spacial score (nSPS) is 20.4. The summed E-state index contributed by atoms with van der Waals surface area (Å²) in [5.74, 6) is -0.731. The molecule has 0 heterocycles. The van der Waals surface area contributed by atoms with Crippen molar-refractivity contribution < 1.29 is 9.90 Å². The van der Waals surface area contributed by atoms with Crippen molar-refractivity contribution in [2.75, 3.05) is 6.54 Å². The number of carboxylic acid groups (broad SMARTS) is 1. The Morgan fingerprint density at radius 2 is 2.36 bits per heavy atom. The molecule has 0 unspecified atom stereocenters. The SMILES string of the molecule is C=CCNC1(C(=O)O)CCC1. The van der Waals surface area contributed by atoms with Crippen molar-refractivity contribution in [2.45, 2.75) is 24.8 Å². The molecule has 0 bridgehead atoms. The van der Waals surface area contributed by atoms with Crippen molar-refractivity contribution in [1.82, 2.24) is 5.32 Å². The summed E-state index contributed by atoms with van der Waals surface area (Å²) < 4.78 is 0. The lowest BCUT2D eigenvalue weighted by Crippen LogP contribution is -2.57. The summed E-state index contributed by atoms with van der Waals surface area (Å²) in [6, 6.07) is 0. The van der Waals surface area contributed by atoms with Gasteiger partial charge in [-0.15, -0.1) is 6.58 Å². The standard InChI is InChI=1S/C8H13NO2/c1-2-6-9-8(7(10)11)4-3-5-8/h2,9H,1,3-6H2,(H,10,11). The van der Waals surface area contributed by atoms with E-state index >= 15 is 0 Å². The molecule has 0 spiro atoms. The van der Waals surface area contributed by atoms with Gasteiger partial charge in [0.1, 0.15) is 5.54 Å². The van der Waals surface area contributed by atoms with Gasteiger partial charge in [0.25, 0.3) is 0 Å². The second-order valence-corrected chi connectivity index (χ2v) is 2.91. The van der Waals surface area contributed by atoms with Gasteiger partial charge in [-0.25, -0.2) is 0 Å². The molecule has 11 heavy (non-hydrogen) atoms. The summed E-state index contributed by atoms with van der Waals surface area (Å²) in [6.07, 6.45) is 4.19. The monoisotopic (exact) mass is 155 g/mol. The molecule has 1 saturated carbocycles. The van der Waals surface area contributed by atoms with E-state index in [-0.39, 0.29) is 0 Å². The molecule has 0 amide bonds. The molecule has 0 radical (unpaired) electrons. The van der Waals surface area contributed by atoms with Gasteiger partial charge >= 0.3 is 5.97 Å². The van der Waals surface area contributed by atoms with Crippen LogP contribution in [0.3, 0.4) is 0 Å². The summed E-state index contributed by atoms with van der Waals surface area (Å²) >= 11 is 0. The third-order valence-corrected chi connectivity index (χ3v) is 2.20. The highest BCUT2D eigenvalue weighted by atomic mass is 16.4. The summed E-state index contributed by atoms with van der Waals surface area (Å²) in [4.78, 5) is 10.7. The van der Waals surface area contributed by atoms with Gasteiger partial charge in [-0.2, -0.15) is 0 Å². The maximum Gasteiger partial charge on any atom is 0.323 e. The number of hydrogen-bond acceptors (Lipinski definition) is 2. The van der Waals surface area contributed by atoms with Gasteiger partial charge in [0, 0.05) is 6.54 Å². The van der Waals surface area contributed by atoms with Gasteiger partial charge < -0.3 is 5.11 Å². The van der Waals surface area contributed by atoms with E-state index in [0.29, 0.717) is 6.54 Å². The van der Waals surface area contributed by atoms with Crippen molar-refractivity contribution in [2.24, 2.45) is 0 Å². The van der Waals surface area contributed by atoms with Crippen LogP contribution in [0.2, 0.25) is 0 Å². The molecular formula is C8H13NO2. The molecule has 3 nitrogen and oxygen atoms in total. The Morgan fingerprint density at radius 1 is 1.73 bits per heavy atom. The molecule has 3 heteroatoms. The molecule has 2 N–H and O–H groups in total. The molecule has 0 aliphatic heterocycles. The minimum atomic E-state index is -0.731. The smallest absolute Gasteiger partial charge is 0.323 e. The van der Waals surface area contributed by atoms with E-state index in [1.807, 2.05) is 0 Å². The zero-order chi connectivity index (χ0) is 8.32. The predicted molar refractivity (Wildman–Crippen MR) is 42.4 cm³/mol. The Kier molecular flexibility index (Phi) is 2.29. The topological polar surface area (TPSA) is 49.3 Å². The predicted octanol–water partition coefficient (Wildman–Crippen LogP) is 0.769. The number of carboxylic acids is 1. The molecular weight excluding hydrogens is 142 g/mol. The zero-order valence-electron chi connectivity index (χ0n) is 6.47. The van der Waals surface area contributed by atoms with Gasteiger partial charge in [-0.1, -0.05) is 6.08 Å². The summed E-state index contributed by atoms with van der Waals surface area (Å²) in [7, 11) is 0. The van der Waals surface area contributed by atoms with Crippen LogP contribution in [-0.4, -0.2) is 23.2 Å². The van der Waals surface area contributed by atoms with Crippen LogP contribution < -0.4 is 5.32 Å². The van der Waals surface area contributed by atoms with E-state index in [1.165, 1.54) is 0 Å². The Labute approximate surface area is 66.1 Å². The minimum Gasteiger partial charge on any atom is -0.480 e. The van der Waals surface area contributed by atoms with Gasteiger partial charge in [0.2, 0.25) is 0 Å². The maximum atomic E-state index is 10.7. The first-order valence-corrected chi connectivity index (χ1v) is 3.80. The van der Waals surface area contributed by atoms with E-state index in [2.05, 4.69) is 11.9 Å². The highest BCUT2D eigenvalue weighted by Crippen LogP contribution is 2.31. The quantitative estimate of drug-likeness (QED) is 0.589. The van der Waals surface area contributed by atoms with Crippen LogP contribution in [0.25, 0.3) is 0 Å².